The van der Waals surface area contributed by atoms with Gasteiger partial charge in [0.25, 0.3) is 0 Å². The zero-order valence-electron chi connectivity index (χ0n) is 5.26. The van der Waals surface area contributed by atoms with E-state index in [2.05, 4.69) is 10.3 Å². The summed E-state index contributed by atoms with van der Waals surface area (Å²) in [5.41, 5.74) is 4.95. The first-order valence-electron chi connectivity index (χ1n) is 2.47. The van der Waals surface area contributed by atoms with E-state index in [1.54, 1.807) is 13.2 Å². The number of hydrogen-bond donors (Lipinski definition) is 3. The normalized spacial score (nSPS) is 10.8. The lowest BCUT2D eigenvalue weighted by atomic mass is 10.7. The van der Waals surface area contributed by atoms with Gasteiger partial charge in [0, 0.05) is 19.4 Å². The highest BCUT2D eigenvalue weighted by atomic mass is 14.8. The summed E-state index contributed by atoms with van der Waals surface area (Å²) in [6.07, 6.45) is 4.41. The number of nitrogens with one attached hydrogen (secondary N) is 2. The highest BCUT2D eigenvalue weighted by molar-refractivity contribution is 6.27. The number of rotatable bonds is 3. The molecule has 0 fully saturated rings. The monoisotopic (exact) mass is 126 g/mol. The van der Waals surface area contributed by atoms with Crippen molar-refractivity contribution in [1.29, 1.82) is 5.41 Å². The smallest absolute Gasteiger partial charge is 0.134 e. The molecule has 4 N–H and O–H groups in total. The summed E-state index contributed by atoms with van der Waals surface area (Å²) >= 11 is 0. The SMILES string of the molecule is CNC=CN=CC(=N)N. The molecule has 0 aromatic carbocycles. The molecule has 4 heteroatoms. The first-order valence-corrected chi connectivity index (χ1v) is 2.47. The molecule has 0 aromatic heterocycles. The van der Waals surface area contributed by atoms with E-state index < -0.39 is 0 Å². The van der Waals surface area contributed by atoms with E-state index >= 15 is 0 Å². The van der Waals surface area contributed by atoms with Gasteiger partial charge in [0.15, 0.2) is 0 Å². The van der Waals surface area contributed by atoms with Gasteiger partial charge in [-0.3, -0.25) is 10.4 Å². The van der Waals surface area contributed by atoms with E-state index in [9.17, 15) is 0 Å². The van der Waals surface area contributed by atoms with E-state index in [1.165, 1.54) is 12.4 Å². The molecule has 50 valence electrons. The van der Waals surface area contributed by atoms with Crippen molar-refractivity contribution in [2.45, 2.75) is 0 Å². The van der Waals surface area contributed by atoms with Crippen molar-refractivity contribution in [3.8, 4) is 0 Å². The molecule has 0 bridgehead atoms. The fraction of sp³-hybridized carbons (Fsp3) is 0.200. The van der Waals surface area contributed by atoms with Crippen LogP contribution in [-0.4, -0.2) is 19.1 Å². The van der Waals surface area contributed by atoms with Crippen molar-refractivity contribution in [1.82, 2.24) is 5.32 Å². The fourth-order valence-electron chi connectivity index (χ4n) is 0.241. The molecule has 0 spiro atoms. The molecule has 0 heterocycles. The standard InChI is InChI=1S/C5H10N4/c1-8-2-3-9-4-5(6)7/h2-4,8H,1H3,(H3,6,7). The van der Waals surface area contributed by atoms with Crippen molar-refractivity contribution in [3.63, 3.8) is 0 Å². The maximum atomic E-state index is 6.70. The van der Waals surface area contributed by atoms with Crippen LogP contribution in [0.5, 0.6) is 0 Å². The zero-order chi connectivity index (χ0) is 7.11. The summed E-state index contributed by atoms with van der Waals surface area (Å²) in [4.78, 5) is 3.64. The van der Waals surface area contributed by atoms with Crippen LogP contribution in [0.2, 0.25) is 0 Å². The molecule has 0 aliphatic heterocycles. The van der Waals surface area contributed by atoms with Crippen LogP contribution in [0.3, 0.4) is 0 Å². The van der Waals surface area contributed by atoms with E-state index in [4.69, 9.17) is 11.1 Å². The molecule has 0 rings (SSSR count). The van der Waals surface area contributed by atoms with Gasteiger partial charge in [0.1, 0.15) is 5.84 Å². The number of hydrogen-bond acceptors (Lipinski definition) is 3. The van der Waals surface area contributed by atoms with Gasteiger partial charge in [0.05, 0.1) is 6.21 Å². The molecule has 0 radical (unpaired) electrons. The highest BCUT2D eigenvalue weighted by Crippen LogP contribution is 1.66. The second kappa shape index (κ2) is 4.83. The van der Waals surface area contributed by atoms with Gasteiger partial charge in [0.2, 0.25) is 0 Å². The van der Waals surface area contributed by atoms with Crippen molar-refractivity contribution < 1.29 is 0 Å². The lowest BCUT2D eigenvalue weighted by molar-refractivity contribution is 1.09. The summed E-state index contributed by atoms with van der Waals surface area (Å²) in [6, 6.07) is 0. The Labute approximate surface area is 54.0 Å². The van der Waals surface area contributed by atoms with Crippen molar-refractivity contribution in [2.24, 2.45) is 10.7 Å². The Morgan fingerprint density at radius 2 is 2.44 bits per heavy atom. The van der Waals surface area contributed by atoms with Gasteiger partial charge in [-0.1, -0.05) is 0 Å². The maximum absolute atomic E-state index is 6.70. The largest absolute Gasteiger partial charge is 0.393 e. The molecule has 0 unspecified atom stereocenters. The molecule has 0 amide bonds. The Morgan fingerprint density at radius 3 is 2.89 bits per heavy atom. The quantitative estimate of drug-likeness (QED) is 0.358. The molecule has 0 saturated carbocycles. The van der Waals surface area contributed by atoms with Crippen LogP contribution in [0.15, 0.2) is 17.4 Å². The minimum atomic E-state index is -0.0456. The van der Waals surface area contributed by atoms with Gasteiger partial charge in [-0.25, -0.2) is 0 Å². The lowest BCUT2D eigenvalue weighted by Crippen LogP contribution is -2.09. The summed E-state index contributed by atoms with van der Waals surface area (Å²) in [5.74, 6) is -0.0456. The van der Waals surface area contributed by atoms with Gasteiger partial charge in [-0.2, -0.15) is 0 Å². The lowest BCUT2D eigenvalue weighted by Gasteiger charge is -1.81. The topological polar surface area (TPSA) is 74.3 Å². The van der Waals surface area contributed by atoms with Gasteiger partial charge in [-0.05, 0) is 0 Å². The van der Waals surface area contributed by atoms with Crippen LogP contribution in [0.4, 0.5) is 0 Å². The van der Waals surface area contributed by atoms with E-state index in [0.717, 1.165) is 0 Å². The minimum absolute atomic E-state index is 0.0456. The maximum Gasteiger partial charge on any atom is 0.134 e. The van der Waals surface area contributed by atoms with Crippen LogP contribution in [-0.2, 0) is 0 Å². The molecular formula is C5H10N4. The van der Waals surface area contributed by atoms with Gasteiger partial charge in [-0.15, -0.1) is 0 Å². The Bertz CT molecular complexity index is 136. The Morgan fingerprint density at radius 1 is 1.78 bits per heavy atom. The first kappa shape index (κ1) is 7.68. The molecule has 0 aliphatic rings. The predicted octanol–water partition coefficient (Wildman–Crippen LogP) is -0.316. The third-order valence-corrected chi connectivity index (χ3v) is 0.541. The molecule has 0 aliphatic carbocycles. The van der Waals surface area contributed by atoms with Crippen LogP contribution < -0.4 is 11.1 Å². The van der Waals surface area contributed by atoms with E-state index in [1.807, 2.05) is 0 Å². The number of nitrogens with two attached hydrogens (primary N) is 1. The molecule has 9 heavy (non-hydrogen) atoms. The molecule has 0 saturated heterocycles. The predicted molar refractivity (Wildman–Crippen MR) is 38.6 cm³/mol. The van der Waals surface area contributed by atoms with Gasteiger partial charge < -0.3 is 11.1 Å². The number of amidine groups is 1. The summed E-state index contributed by atoms with van der Waals surface area (Å²) < 4.78 is 0. The van der Waals surface area contributed by atoms with Crippen molar-refractivity contribution >= 4 is 12.1 Å². The minimum Gasteiger partial charge on any atom is -0.393 e. The van der Waals surface area contributed by atoms with E-state index in [-0.39, 0.29) is 5.84 Å². The van der Waals surface area contributed by atoms with Crippen molar-refractivity contribution in [2.75, 3.05) is 7.05 Å². The average Bonchev–Trinajstić information content (AvgIpc) is 1.80. The third-order valence-electron chi connectivity index (χ3n) is 0.541. The number of nitrogens with zero attached hydrogens (tertiary/aromatic N) is 1. The van der Waals surface area contributed by atoms with Crippen LogP contribution in [0, 0.1) is 5.41 Å². The van der Waals surface area contributed by atoms with Crippen LogP contribution >= 0.6 is 0 Å². The van der Waals surface area contributed by atoms with Crippen LogP contribution in [0.1, 0.15) is 0 Å². The molecule has 0 atom stereocenters. The molecule has 0 aromatic rings. The van der Waals surface area contributed by atoms with Crippen molar-refractivity contribution in [3.05, 3.63) is 12.4 Å². The number of aliphatic imine (C=N–C) groups is 1. The molecular weight excluding hydrogens is 116 g/mol. The van der Waals surface area contributed by atoms with Crippen LogP contribution in [0.25, 0.3) is 0 Å². The zero-order valence-corrected chi connectivity index (χ0v) is 5.26. The Hall–Kier alpha value is -1.32. The first-order chi connectivity index (χ1) is 4.27. The second-order valence-electron chi connectivity index (χ2n) is 1.34. The summed E-state index contributed by atoms with van der Waals surface area (Å²) in [5, 5.41) is 9.44. The third kappa shape index (κ3) is 6.68. The Kier molecular flexibility index (Phi) is 4.12. The Balaban J connectivity index is 3.47. The fourth-order valence-corrected chi connectivity index (χ4v) is 0.241. The molecule has 4 nitrogen and oxygen atoms in total. The highest BCUT2D eigenvalue weighted by Gasteiger charge is 1.71. The van der Waals surface area contributed by atoms with E-state index in [0.29, 0.717) is 0 Å². The van der Waals surface area contributed by atoms with Gasteiger partial charge >= 0.3 is 0 Å². The second-order valence-corrected chi connectivity index (χ2v) is 1.34. The average molecular weight is 126 g/mol. The summed E-state index contributed by atoms with van der Waals surface area (Å²) in [6.45, 7) is 0. The summed E-state index contributed by atoms with van der Waals surface area (Å²) in [7, 11) is 1.76.